The summed E-state index contributed by atoms with van der Waals surface area (Å²) in [6.07, 6.45) is 2.29. The summed E-state index contributed by atoms with van der Waals surface area (Å²) in [5, 5.41) is 3.32. The number of carbonyl (C=O) groups is 1. The molecule has 1 aliphatic heterocycles. The van der Waals surface area contributed by atoms with Crippen LogP contribution in [0.15, 0.2) is 6.07 Å². The first-order valence-corrected chi connectivity index (χ1v) is 7.41. The van der Waals surface area contributed by atoms with Crippen LogP contribution in [-0.4, -0.2) is 54.9 Å². The molecule has 7 nitrogen and oxygen atoms in total. The highest BCUT2D eigenvalue weighted by molar-refractivity contribution is 5.88. The molecule has 21 heavy (non-hydrogen) atoms. The highest BCUT2D eigenvalue weighted by atomic mass is 16.5. The van der Waals surface area contributed by atoms with E-state index in [0.29, 0.717) is 43.3 Å². The first-order chi connectivity index (χ1) is 10.3. The molecule has 1 saturated heterocycles. The zero-order valence-corrected chi connectivity index (χ0v) is 12.2. The number of hydrogen-bond donors (Lipinski definition) is 1. The lowest BCUT2D eigenvalue weighted by Crippen LogP contribution is -2.37. The normalized spacial score (nSPS) is 18.4. The third kappa shape index (κ3) is 3.60. The molecule has 0 radical (unpaired) electrons. The molecule has 3 rings (SSSR count). The van der Waals surface area contributed by atoms with Crippen LogP contribution in [0.25, 0.3) is 0 Å². The predicted molar refractivity (Wildman–Crippen MR) is 77.7 cm³/mol. The highest BCUT2D eigenvalue weighted by Crippen LogP contribution is 2.25. The second kappa shape index (κ2) is 6.26. The minimum Gasteiger partial charge on any atom is -0.461 e. The Morgan fingerprint density at radius 2 is 2.19 bits per heavy atom. The van der Waals surface area contributed by atoms with Gasteiger partial charge >= 0.3 is 5.97 Å². The smallest absolute Gasteiger partial charge is 0.357 e. The molecule has 1 N–H and O–H groups in total. The Bertz CT molecular complexity index is 513. The number of nitrogens with zero attached hydrogens (tertiary/aromatic N) is 3. The van der Waals surface area contributed by atoms with E-state index in [1.165, 1.54) is 0 Å². The van der Waals surface area contributed by atoms with Crippen molar-refractivity contribution in [3.63, 3.8) is 0 Å². The SMILES string of the molecule is CCOC(=O)c1cc(NC2CC2)nc(N2CCOCC2)n1. The lowest BCUT2D eigenvalue weighted by molar-refractivity contribution is 0.0519. The Kier molecular flexibility index (Phi) is 4.19. The van der Waals surface area contributed by atoms with E-state index in [2.05, 4.69) is 15.3 Å². The summed E-state index contributed by atoms with van der Waals surface area (Å²) >= 11 is 0. The van der Waals surface area contributed by atoms with Crippen LogP contribution in [0.3, 0.4) is 0 Å². The van der Waals surface area contributed by atoms with Gasteiger partial charge in [0, 0.05) is 25.2 Å². The standard InChI is InChI=1S/C14H20N4O3/c1-2-21-13(19)11-9-12(15-10-3-4-10)17-14(16-11)18-5-7-20-8-6-18/h9-10H,2-8H2,1H3,(H,15,16,17). The van der Waals surface area contributed by atoms with Gasteiger partial charge in [-0.1, -0.05) is 0 Å². The lowest BCUT2D eigenvalue weighted by atomic mass is 10.3. The summed E-state index contributed by atoms with van der Waals surface area (Å²) in [4.78, 5) is 22.9. The molecule has 2 heterocycles. The number of rotatable bonds is 5. The van der Waals surface area contributed by atoms with Gasteiger partial charge in [-0.05, 0) is 19.8 Å². The van der Waals surface area contributed by atoms with Gasteiger partial charge in [0.25, 0.3) is 0 Å². The summed E-state index contributed by atoms with van der Waals surface area (Å²) in [5.74, 6) is 0.845. The van der Waals surface area contributed by atoms with Crippen molar-refractivity contribution in [1.82, 2.24) is 9.97 Å². The maximum atomic E-state index is 11.9. The first-order valence-electron chi connectivity index (χ1n) is 7.41. The quantitative estimate of drug-likeness (QED) is 0.813. The molecule has 0 amide bonds. The van der Waals surface area contributed by atoms with E-state index in [1.807, 2.05) is 4.90 Å². The molecule has 1 saturated carbocycles. The largest absolute Gasteiger partial charge is 0.461 e. The van der Waals surface area contributed by atoms with E-state index in [4.69, 9.17) is 9.47 Å². The molecule has 2 fully saturated rings. The van der Waals surface area contributed by atoms with Crippen LogP contribution in [0.5, 0.6) is 0 Å². The van der Waals surface area contributed by atoms with Gasteiger partial charge in [0.15, 0.2) is 5.69 Å². The summed E-state index contributed by atoms with van der Waals surface area (Å²) < 4.78 is 10.4. The Labute approximate surface area is 123 Å². The van der Waals surface area contributed by atoms with Crippen LogP contribution in [0.2, 0.25) is 0 Å². The van der Waals surface area contributed by atoms with E-state index in [1.54, 1.807) is 13.0 Å². The Balaban J connectivity index is 1.85. The number of hydrogen-bond acceptors (Lipinski definition) is 7. The number of ether oxygens (including phenoxy) is 2. The summed E-state index contributed by atoms with van der Waals surface area (Å²) in [7, 11) is 0. The second-order valence-corrected chi connectivity index (χ2v) is 5.18. The predicted octanol–water partition coefficient (Wildman–Crippen LogP) is 1.06. The Morgan fingerprint density at radius 1 is 1.43 bits per heavy atom. The van der Waals surface area contributed by atoms with Gasteiger partial charge in [0.1, 0.15) is 5.82 Å². The number of carbonyl (C=O) groups excluding carboxylic acids is 1. The monoisotopic (exact) mass is 292 g/mol. The topological polar surface area (TPSA) is 76.6 Å². The maximum Gasteiger partial charge on any atom is 0.357 e. The molecule has 0 spiro atoms. The molecule has 1 aromatic rings. The molecule has 0 aromatic carbocycles. The number of aromatic nitrogens is 2. The minimum atomic E-state index is -0.409. The number of morpholine rings is 1. The molecule has 7 heteroatoms. The highest BCUT2D eigenvalue weighted by Gasteiger charge is 2.24. The number of esters is 1. The van der Waals surface area contributed by atoms with Crippen LogP contribution >= 0.6 is 0 Å². The summed E-state index contributed by atoms with van der Waals surface area (Å²) in [5.41, 5.74) is 0.302. The van der Waals surface area contributed by atoms with Crippen LogP contribution in [0.1, 0.15) is 30.3 Å². The Hall–Kier alpha value is -1.89. The molecular weight excluding hydrogens is 272 g/mol. The van der Waals surface area contributed by atoms with E-state index < -0.39 is 5.97 Å². The third-order valence-corrected chi connectivity index (χ3v) is 3.42. The van der Waals surface area contributed by atoms with Gasteiger partial charge in [-0.2, -0.15) is 4.98 Å². The molecular formula is C14H20N4O3. The first kappa shape index (κ1) is 14.1. The van der Waals surface area contributed by atoms with Crippen molar-refractivity contribution < 1.29 is 14.3 Å². The summed E-state index contributed by atoms with van der Waals surface area (Å²) in [6.45, 7) is 4.88. The van der Waals surface area contributed by atoms with Gasteiger partial charge in [-0.25, -0.2) is 9.78 Å². The van der Waals surface area contributed by atoms with Gasteiger partial charge in [0.2, 0.25) is 5.95 Å². The zero-order valence-electron chi connectivity index (χ0n) is 12.2. The fourth-order valence-electron chi connectivity index (χ4n) is 2.16. The lowest BCUT2D eigenvalue weighted by Gasteiger charge is -2.27. The van der Waals surface area contributed by atoms with Gasteiger partial charge in [-0.15, -0.1) is 0 Å². The van der Waals surface area contributed by atoms with Gasteiger partial charge in [0.05, 0.1) is 19.8 Å². The Morgan fingerprint density at radius 3 is 2.86 bits per heavy atom. The molecule has 2 aliphatic rings. The van der Waals surface area contributed by atoms with Crippen molar-refractivity contribution in [2.24, 2.45) is 0 Å². The van der Waals surface area contributed by atoms with Crippen molar-refractivity contribution >= 4 is 17.7 Å². The molecule has 1 aliphatic carbocycles. The van der Waals surface area contributed by atoms with Crippen molar-refractivity contribution in [1.29, 1.82) is 0 Å². The van der Waals surface area contributed by atoms with Crippen LogP contribution in [-0.2, 0) is 9.47 Å². The van der Waals surface area contributed by atoms with E-state index in [0.717, 1.165) is 25.9 Å². The van der Waals surface area contributed by atoms with Gasteiger partial charge in [-0.3, -0.25) is 0 Å². The molecule has 0 atom stereocenters. The van der Waals surface area contributed by atoms with E-state index in [9.17, 15) is 4.79 Å². The van der Waals surface area contributed by atoms with Crippen molar-refractivity contribution in [2.75, 3.05) is 43.1 Å². The third-order valence-electron chi connectivity index (χ3n) is 3.42. The molecule has 1 aromatic heterocycles. The van der Waals surface area contributed by atoms with Crippen molar-refractivity contribution in [2.45, 2.75) is 25.8 Å². The maximum absolute atomic E-state index is 11.9. The number of nitrogens with one attached hydrogen (secondary N) is 1. The van der Waals surface area contributed by atoms with Crippen LogP contribution in [0.4, 0.5) is 11.8 Å². The average molecular weight is 292 g/mol. The van der Waals surface area contributed by atoms with Crippen molar-refractivity contribution in [3.05, 3.63) is 11.8 Å². The summed E-state index contributed by atoms with van der Waals surface area (Å²) in [6, 6.07) is 2.13. The van der Waals surface area contributed by atoms with Crippen LogP contribution < -0.4 is 10.2 Å². The van der Waals surface area contributed by atoms with E-state index >= 15 is 0 Å². The molecule has 114 valence electrons. The van der Waals surface area contributed by atoms with E-state index in [-0.39, 0.29) is 0 Å². The average Bonchev–Trinajstić information content (AvgIpc) is 3.32. The second-order valence-electron chi connectivity index (χ2n) is 5.18. The van der Waals surface area contributed by atoms with Gasteiger partial charge < -0.3 is 19.7 Å². The van der Waals surface area contributed by atoms with Crippen LogP contribution in [0, 0.1) is 0 Å². The number of anilines is 2. The zero-order chi connectivity index (χ0) is 14.7. The fraction of sp³-hybridized carbons (Fsp3) is 0.643. The molecule has 0 bridgehead atoms. The van der Waals surface area contributed by atoms with Crippen molar-refractivity contribution in [3.8, 4) is 0 Å². The molecule has 0 unspecified atom stereocenters. The minimum absolute atomic E-state index is 0.302. The fourth-order valence-corrected chi connectivity index (χ4v) is 2.16.